The Hall–Kier alpha value is -3.46. The molecule has 5 aromatic rings. The number of aromatic nitrogens is 2. The quantitative estimate of drug-likeness (QED) is 0.137. The predicted molar refractivity (Wildman–Crippen MR) is 170 cm³/mol. The zero-order chi connectivity index (χ0) is 29.3. The van der Waals surface area contributed by atoms with E-state index in [4.69, 9.17) is 4.98 Å². The van der Waals surface area contributed by atoms with Crippen molar-refractivity contribution in [1.82, 2.24) is 19.6 Å². The molecule has 43 heavy (non-hydrogen) atoms. The van der Waals surface area contributed by atoms with E-state index in [9.17, 15) is 9.18 Å². The number of carbonyl (C=O) groups excluding carboxylic acids is 1. The maximum atomic E-state index is 15.9. The lowest BCUT2D eigenvalue weighted by Crippen LogP contribution is -2.35. The molecule has 2 aliphatic rings. The van der Waals surface area contributed by atoms with Gasteiger partial charge in [0.2, 0.25) is 0 Å². The molecule has 0 spiro atoms. The number of imidazole rings is 1. The predicted octanol–water partition coefficient (Wildman–Crippen LogP) is 8.23. The highest BCUT2D eigenvalue weighted by atomic mass is 32.1. The number of piperidine rings is 1. The van der Waals surface area contributed by atoms with Gasteiger partial charge in [0.05, 0.1) is 15.9 Å². The molecule has 7 rings (SSSR count). The number of hydrogen-bond donors (Lipinski definition) is 1. The number of halogens is 2. The van der Waals surface area contributed by atoms with Gasteiger partial charge in [0, 0.05) is 42.9 Å². The lowest BCUT2D eigenvalue weighted by molar-refractivity contribution is 0.0976. The number of thiazole rings is 1. The van der Waals surface area contributed by atoms with Gasteiger partial charge in [-0.2, -0.15) is 0 Å². The Labute approximate surface area is 254 Å². The first-order chi connectivity index (χ1) is 21.0. The van der Waals surface area contributed by atoms with Crippen LogP contribution < -0.4 is 5.32 Å². The zero-order valence-electron chi connectivity index (χ0n) is 24.2. The van der Waals surface area contributed by atoms with Crippen molar-refractivity contribution in [2.24, 2.45) is 0 Å². The molecule has 8 heteroatoms. The first-order valence-electron chi connectivity index (χ1n) is 15.5. The van der Waals surface area contributed by atoms with Crippen LogP contribution in [0.25, 0.3) is 37.6 Å². The summed E-state index contributed by atoms with van der Waals surface area (Å²) in [6.45, 7) is 3.51. The molecule has 0 saturated carbocycles. The number of Topliss-reactive ketones (excluding diaryl/α,β-unsaturated/α-hetero) is 1. The molecule has 0 unspecified atom stereocenters. The third-order valence-electron chi connectivity index (χ3n) is 8.98. The van der Waals surface area contributed by atoms with Crippen molar-refractivity contribution in [2.45, 2.75) is 57.2 Å². The highest BCUT2D eigenvalue weighted by molar-refractivity contribution is 7.23. The molecule has 0 bridgehead atoms. The molecule has 0 radical (unpaired) electrons. The standard InChI is InChI=1S/C35H36F2N4OS/c36-26-13-17-40(18-14-26)16-5-4-10-32(42)24-11-12-31-33(21-24)43-35-39-30(22-41(31)35)34-27(23-7-2-1-3-8-23)19-25(20-28(34)37)29-9-6-15-38-29/h1-3,7-8,11-12,19-22,26,29,38H,4-6,9-10,13-18H2/t29-/m0/s1. The van der Waals surface area contributed by atoms with Crippen molar-refractivity contribution in [3.63, 3.8) is 0 Å². The Morgan fingerprint density at radius 2 is 1.86 bits per heavy atom. The second-order valence-electron chi connectivity index (χ2n) is 11.9. The number of likely N-dealkylation sites (tertiary alicyclic amines) is 1. The minimum atomic E-state index is -0.655. The summed E-state index contributed by atoms with van der Waals surface area (Å²) in [5.41, 5.74) is 5.57. The smallest absolute Gasteiger partial charge is 0.195 e. The third kappa shape index (κ3) is 5.88. The lowest BCUT2D eigenvalue weighted by atomic mass is 9.92. The zero-order valence-corrected chi connectivity index (χ0v) is 25.0. The van der Waals surface area contributed by atoms with E-state index >= 15 is 4.39 Å². The Kier molecular flexibility index (Phi) is 8.08. The van der Waals surface area contributed by atoms with Gasteiger partial charge in [-0.3, -0.25) is 9.20 Å². The molecule has 0 amide bonds. The van der Waals surface area contributed by atoms with E-state index < -0.39 is 6.17 Å². The lowest BCUT2D eigenvalue weighted by Gasteiger charge is -2.28. The fraction of sp³-hybridized carbons (Fsp3) is 0.371. The van der Waals surface area contributed by atoms with Gasteiger partial charge in [-0.15, -0.1) is 0 Å². The van der Waals surface area contributed by atoms with Crippen molar-refractivity contribution in [1.29, 1.82) is 0 Å². The maximum Gasteiger partial charge on any atom is 0.195 e. The molecule has 2 aromatic heterocycles. The average molecular weight is 599 g/mol. The summed E-state index contributed by atoms with van der Waals surface area (Å²) in [4.78, 5) is 20.9. The van der Waals surface area contributed by atoms with Crippen LogP contribution in [0.5, 0.6) is 0 Å². The molecule has 2 aliphatic heterocycles. The first-order valence-corrected chi connectivity index (χ1v) is 16.3. The van der Waals surface area contributed by atoms with Gasteiger partial charge in [-0.25, -0.2) is 13.8 Å². The number of nitrogens with one attached hydrogen (secondary N) is 1. The van der Waals surface area contributed by atoms with Gasteiger partial charge in [0.1, 0.15) is 12.0 Å². The molecule has 222 valence electrons. The molecule has 1 atom stereocenters. The molecule has 0 aliphatic carbocycles. The van der Waals surface area contributed by atoms with Crippen LogP contribution in [0.1, 0.15) is 66.9 Å². The Balaban J connectivity index is 1.12. The number of alkyl halides is 1. The van der Waals surface area contributed by atoms with Gasteiger partial charge < -0.3 is 10.2 Å². The van der Waals surface area contributed by atoms with Crippen LogP contribution in [0.15, 0.2) is 66.9 Å². The maximum absolute atomic E-state index is 15.9. The highest BCUT2D eigenvalue weighted by Gasteiger charge is 2.24. The summed E-state index contributed by atoms with van der Waals surface area (Å²) < 4.78 is 32.3. The average Bonchev–Trinajstić information content (AvgIpc) is 3.77. The van der Waals surface area contributed by atoms with E-state index in [-0.39, 0.29) is 17.6 Å². The molecule has 5 nitrogen and oxygen atoms in total. The largest absolute Gasteiger partial charge is 0.310 e. The van der Waals surface area contributed by atoms with Crippen molar-refractivity contribution < 1.29 is 13.6 Å². The number of ketones is 1. The van der Waals surface area contributed by atoms with Crippen LogP contribution in [0.4, 0.5) is 8.78 Å². The first kappa shape index (κ1) is 28.3. The summed E-state index contributed by atoms with van der Waals surface area (Å²) in [5, 5.41) is 3.49. The number of rotatable bonds is 9. The van der Waals surface area contributed by atoms with E-state index in [1.54, 1.807) is 6.07 Å². The number of carbonyl (C=O) groups is 1. The van der Waals surface area contributed by atoms with E-state index in [2.05, 4.69) is 16.3 Å². The number of unbranched alkanes of at least 4 members (excludes halogenated alkanes) is 1. The van der Waals surface area contributed by atoms with Crippen LogP contribution >= 0.6 is 11.3 Å². The van der Waals surface area contributed by atoms with Crippen LogP contribution in [0.3, 0.4) is 0 Å². The summed E-state index contributed by atoms with van der Waals surface area (Å²) in [6.07, 6.45) is 6.88. The van der Waals surface area contributed by atoms with E-state index in [1.165, 1.54) is 11.3 Å². The molecule has 3 aromatic carbocycles. The van der Waals surface area contributed by atoms with E-state index in [0.717, 1.165) is 83.7 Å². The number of fused-ring (bicyclic) bond motifs is 3. The Bertz CT molecular complexity index is 1750. The minimum Gasteiger partial charge on any atom is -0.310 e. The second kappa shape index (κ2) is 12.3. The normalized spacial score (nSPS) is 18.2. The summed E-state index contributed by atoms with van der Waals surface area (Å²) in [7, 11) is 0. The molecular weight excluding hydrogens is 562 g/mol. The van der Waals surface area contributed by atoms with E-state index in [1.807, 2.05) is 59.1 Å². The van der Waals surface area contributed by atoms with Gasteiger partial charge in [-0.1, -0.05) is 41.7 Å². The highest BCUT2D eigenvalue weighted by Crippen LogP contribution is 2.39. The van der Waals surface area contributed by atoms with Crippen molar-refractivity contribution in [3.05, 3.63) is 83.8 Å². The van der Waals surface area contributed by atoms with Gasteiger partial charge in [0.15, 0.2) is 10.7 Å². The summed E-state index contributed by atoms with van der Waals surface area (Å²) in [5.74, 6) is -0.123. The monoisotopic (exact) mass is 598 g/mol. The number of nitrogens with zero attached hydrogens (tertiary/aromatic N) is 3. The minimum absolute atomic E-state index is 0.141. The molecule has 1 N–H and O–H groups in total. The van der Waals surface area contributed by atoms with Crippen molar-refractivity contribution in [3.8, 4) is 22.4 Å². The second-order valence-corrected chi connectivity index (χ2v) is 12.9. The SMILES string of the molecule is O=C(CCCCN1CCC(F)CC1)c1ccc2c(c1)sc1nc(-c3c(F)cc([C@@H]4CCCN4)cc3-c3ccccc3)cn12. The van der Waals surface area contributed by atoms with Crippen LogP contribution in [0.2, 0.25) is 0 Å². The van der Waals surface area contributed by atoms with Gasteiger partial charge >= 0.3 is 0 Å². The Morgan fingerprint density at radius 3 is 2.65 bits per heavy atom. The van der Waals surface area contributed by atoms with Crippen molar-refractivity contribution >= 4 is 32.3 Å². The topological polar surface area (TPSA) is 49.6 Å². The number of hydrogen-bond acceptors (Lipinski definition) is 5. The number of benzene rings is 3. The van der Waals surface area contributed by atoms with E-state index in [0.29, 0.717) is 36.1 Å². The third-order valence-corrected chi connectivity index (χ3v) is 10.00. The summed E-state index contributed by atoms with van der Waals surface area (Å²) >= 11 is 1.52. The van der Waals surface area contributed by atoms with Gasteiger partial charge in [0.25, 0.3) is 0 Å². The molecule has 4 heterocycles. The molecule has 2 saturated heterocycles. The van der Waals surface area contributed by atoms with Crippen LogP contribution in [0, 0.1) is 5.82 Å². The fourth-order valence-electron chi connectivity index (χ4n) is 6.59. The fourth-order valence-corrected chi connectivity index (χ4v) is 7.64. The molecule has 2 fully saturated rings. The van der Waals surface area contributed by atoms with Crippen LogP contribution in [-0.4, -0.2) is 52.4 Å². The Morgan fingerprint density at radius 1 is 1.02 bits per heavy atom. The van der Waals surface area contributed by atoms with Gasteiger partial charge in [-0.05, 0) is 98.6 Å². The summed E-state index contributed by atoms with van der Waals surface area (Å²) in [6, 6.07) is 19.7. The molecular formula is C35H36F2N4OS. The van der Waals surface area contributed by atoms with Crippen LogP contribution in [-0.2, 0) is 0 Å². The van der Waals surface area contributed by atoms with Crippen molar-refractivity contribution in [2.75, 3.05) is 26.2 Å².